The first-order valence-electron chi connectivity index (χ1n) is 15.2. The van der Waals surface area contributed by atoms with Crippen LogP contribution in [-0.4, -0.2) is 61.9 Å². The van der Waals surface area contributed by atoms with Crippen LogP contribution in [0.2, 0.25) is 5.02 Å². The second-order valence-electron chi connectivity index (χ2n) is 12.9. The van der Waals surface area contributed by atoms with Crippen LogP contribution in [0.3, 0.4) is 0 Å². The Balaban J connectivity index is 1.80. The first-order valence-corrected chi connectivity index (χ1v) is 15.6. The lowest BCUT2D eigenvalue weighted by Crippen LogP contribution is -2.55. The molecule has 1 aliphatic rings. The van der Waals surface area contributed by atoms with Gasteiger partial charge < -0.3 is 19.6 Å². The number of piperazine rings is 1. The molecule has 0 bridgehead atoms. The van der Waals surface area contributed by atoms with Gasteiger partial charge in [-0.1, -0.05) is 37.6 Å². The van der Waals surface area contributed by atoms with Crippen molar-refractivity contribution in [3.05, 3.63) is 80.5 Å². The maximum absolute atomic E-state index is 17.2. The average molecular weight is 654 g/mol. The SMILES string of the molecule is Cc1ccnc(C(C)C)c1-n1c(=O)nc(N2CCN(C(=O)OC(C)(C)C)C[C@@H]2C)c2cc(Cl)c(-c3c(F)cccc3CO)c(F)c21. The average Bonchev–Trinajstić information content (AvgIpc) is 2.97. The van der Waals surface area contributed by atoms with E-state index in [1.165, 1.54) is 22.8 Å². The van der Waals surface area contributed by atoms with E-state index >= 15 is 8.78 Å². The van der Waals surface area contributed by atoms with Crippen molar-refractivity contribution < 1.29 is 23.4 Å². The minimum atomic E-state index is -0.943. The van der Waals surface area contributed by atoms with E-state index in [0.29, 0.717) is 16.9 Å². The van der Waals surface area contributed by atoms with Crippen molar-refractivity contribution in [2.75, 3.05) is 24.5 Å². The quantitative estimate of drug-likeness (QED) is 0.254. The molecule has 0 unspecified atom stereocenters. The fourth-order valence-corrected chi connectivity index (χ4v) is 6.27. The van der Waals surface area contributed by atoms with Crippen molar-refractivity contribution in [3.8, 4) is 16.8 Å². The molecular weight excluding hydrogens is 616 g/mol. The van der Waals surface area contributed by atoms with Crippen LogP contribution in [0, 0.1) is 18.6 Å². The van der Waals surface area contributed by atoms with Gasteiger partial charge in [-0.2, -0.15) is 4.98 Å². The Kier molecular flexibility index (Phi) is 9.12. The number of rotatable bonds is 5. The number of carbonyl (C=O) groups excluding carboxylic acids is 1. The second-order valence-corrected chi connectivity index (χ2v) is 13.3. The van der Waals surface area contributed by atoms with Gasteiger partial charge in [0.2, 0.25) is 0 Å². The van der Waals surface area contributed by atoms with Gasteiger partial charge in [0, 0.05) is 48.4 Å². The predicted molar refractivity (Wildman–Crippen MR) is 175 cm³/mol. The van der Waals surface area contributed by atoms with E-state index in [9.17, 15) is 14.7 Å². The molecule has 1 N–H and O–H groups in total. The molecule has 1 amide bonds. The third-order valence-electron chi connectivity index (χ3n) is 8.05. The summed E-state index contributed by atoms with van der Waals surface area (Å²) in [6.45, 7) is 13.1. The number of aliphatic hydroxyl groups is 1. The number of benzene rings is 2. The summed E-state index contributed by atoms with van der Waals surface area (Å²) >= 11 is 6.76. The van der Waals surface area contributed by atoms with E-state index in [2.05, 4.69) is 9.97 Å². The number of anilines is 1. The number of amides is 1. The van der Waals surface area contributed by atoms with E-state index in [1.807, 2.05) is 25.7 Å². The van der Waals surface area contributed by atoms with Crippen molar-refractivity contribution in [2.24, 2.45) is 0 Å². The molecular formula is C34H38ClF2N5O4. The fourth-order valence-electron chi connectivity index (χ4n) is 5.98. The van der Waals surface area contributed by atoms with Crippen molar-refractivity contribution >= 4 is 34.4 Å². The standard InChI is InChI=1S/C34H38ClF2N5O4/c1-18(2)28-29(19(3)11-12-38-28)42-30-22(15-23(35)26(27(30)37)25-21(17-43)9-8-10-24(25)36)31(39-32(42)44)41-14-13-40(16-20(41)4)33(45)46-34(5,6)7/h8-12,15,18,20,43H,13-14,16-17H2,1-7H3/t20-/m0/s1. The Labute approximate surface area is 271 Å². The smallest absolute Gasteiger partial charge is 0.410 e. The second kappa shape index (κ2) is 12.6. The molecule has 1 fully saturated rings. The number of hydrogen-bond donors (Lipinski definition) is 1. The monoisotopic (exact) mass is 653 g/mol. The van der Waals surface area contributed by atoms with Gasteiger partial charge in [-0.05, 0) is 69.9 Å². The highest BCUT2D eigenvalue weighted by Crippen LogP contribution is 2.42. The number of halogens is 3. The molecule has 46 heavy (non-hydrogen) atoms. The Hall–Kier alpha value is -4.09. The first kappa shape index (κ1) is 33.3. The summed E-state index contributed by atoms with van der Waals surface area (Å²) in [4.78, 5) is 39.4. The molecule has 5 rings (SSSR count). The summed E-state index contributed by atoms with van der Waals surface area (Å²) in [7, 11) is 0. The highest BCUT2D eigenvalue weighted by molar-refractivity contribution is 6.34. The summed E-state index contributed by atoms with van der Waals surface area (Å²) in [5.74, 6) is -1.67. The Morgan fingerprint density at radius 3 is 2.52 bits per heavy atom. The van der Waals surface area contributed by atoms with E-state index in [4.69, 9.17) is 16.3 Å². The molecule has 4 aromatic rings. The molecule has 1 aliphatic heterocycles. The predicted octanol–water partition coefficient (Wildman–Crippen LogP) is 6.75. The minimum absolute atomic E-state index is 0.120. The first-order chi connectivity index (χ1) is 21.6. The van der Waals surface area contributed by atoms with Crippen molar-refractivity contribution in [1.82, 2.24) is 19.4 Å². The van der Waals surface area contributed by atoms with E-state index in [1.54, 1.807) is 44.9 Å². The topological polar surface area (TPSA) is 101 Å². The largest absolute Gasteiger partial charge is 0.444 e. The molecule has 244 valence electrons. The number of hydrogen-bond acceptors (Lipinski definition) is 7. The molecule has 0 aliphatic carbocycles. The highest BCUT2D eigenvalue weighted by atomic mass is 35.5. The number of carbonyl (C=O) groups is 1. The number of aromatic nitrogens is 3. The zero-order valence-corrected chi connectivity index (χ0v) is 27.7. The van der Waals surface area contributed by atoms with Crippen LogP contribution < -0.4 is 10.6 Å². The van der Waals surface area contributed by atoms with Crippen LogP contribution in [-0.2, 0) is 11.3 Å². The van der Waals surface area contributed by atoms with Gasteiger partial charge in [-0.15, -0.1) is 0 Å². The summed E-state index contributed by atoms with van der Waals surface area (Å²) in [5.41, 5.74) is -0.335. The number of aliphatic hydroxyl groups excluding tert-OH is 1. The third kappa shape index (κ3) is 6.05. The number of pyridine rings is 1. The summed E-state index contributed by atoms with van der Waals surface area (Å²) in [6.07, 6.45) is 1.17. The van der Waals surface area contributed by atoms with Crippen LogP contribution in [0.1, 0.15) is 64.3 Å². The molecule has 0 radical (unpaired) electrons. The zero-order chi connectivity index (χ0) is 33.7. The van der Waals surface area contributed by atoms with Crippen molar-refractivity contribution in [1.29, 1.82) is 0 Å². The zero-order valence-electron chi connectivity index (χ0n) is 27.0. The Morgan fingerprint density at radius 2 is 1.89 bits per heavy atom. The third-order valence-corrected chi connectivity index (χ3v) is 8.34. The summed E-state index contributed by atoms with van der Waals surface area (Å²) in [6, 6.07) is 6.93. The molecule has 0 saturated carbocycles. The van der Waals surface area contributed by atoms with E-state index in [-0.39, 0.29) is 70.0 Å². The molecule has 2 aromatic carbocycles. The van der Waals surface area contributed by atoms with Crippen LogP contribution in [0.25, 0.3) is 27.7 Å². The van der Waals surface area contributed by atoms with Crippen LogP contribution in [0.15, 0.2) is 41.3 Å². The molecule has 9 nitrogen and oxygen atoms in total. The Bertz CT molecular complexity index is 1890. The Morgan fingerprint density at radius 1 is 1.17 bits per heavy atom. The lowest BCUT2D eigenvalue weighted by atomic mass is 9.96. The molecule has 1 atom stereocenters. The lowest BCUT2D eigenvalue weighted by molar-refractivity contribution is 0.0218. The maximum atomic E-state index is 17.2. The molecule has 3 heterocycles. The van der Waals surface area contributed by atoms with Gasteiger partial charge in [0.25, 0.3) is 0 Å². The normalized spacial score (nSPS) is 15.6. The maximum Gasteiger partial charge on any atom is 0.410 e. The highest BCUT2D eigenvalue weighted by Gasteiger charge is 2.34. The number of ether oxygens (including phenoxy) is 1. The summed E-state index contributed by atoms with van der Waals surface area (Å²) in [5, 5.41) is 10.1. The molecule has 2 aromatic heterocycles. The van der Waals surface area contributed by atoms with Gasteiger partial charge >= 0.3 is 11.8 Å². The van der Waals surface area contributed by atoms with Gasteiger partial charge in [0.1, 0.15) is 17.2 Å². The lowest BCUT2D eigenvalue weighted by Gasteiger charge is -2.41. The minimum Gasteiger partial charge on any atom is -0.444 e. The van der Waals surface area contributed by atoms with E-state index in [0.717, 1.165) is 6.07 Å². The number of nitrogens with zero attached hydrogens (tertiary/aromatic N) is 5. The fraction of sp³-hybridized carbons (Fsp3) is 0.412. The van der Waals surface area contributed by atoms with Crippen LogP contribution in [0.5, 0.6) is 0 Å². The van der Waals surface area contributed by atoms with E-state index < -0.39 is 35.6 Å². The number of aryl methyl sites for hydroxylation is 1. The van der Waals surface area contributed by atoms with Gasteiger partial charge in [-0.3, -0.25) is 9.55 Å². The molecule has 0 spiro atoms. The van der Waals surface area contributed by atoms with Gasteiger partial charge in [0.05, 0.1) is 28.5 Å². The molecule has 12 heteroatoms. The van der Waals surface area contributed by atoms with Gasteiger partial charge in [-0.25, -0.2) is 18.4 Å². The van der Waals surface area contributed by atoms with Crippen LogP contribution >= 0.6 is 11.6 Å². The van der Waals surface area contributed by atoms with Gasteiger partial charge in [0.15, 0.2) is 5.82 Å². The summed E-state index contributed by atoms with van der Waals surface area (Å²) < 4.78 is 39.4. The van der Waals surface area contributed by atoms with Crippen molar-refractivity contribution in [2.45, 2.75) is 72.6 Å². The number of fused-ring (bicyclic) bond motifs is 1. The van der Waals surface area contributed by atoms with Crippen LogP contribution in [0.4, 0.5) is 19.4 Å². The molecule has 1 saturated heterocycles. The van der Waals surface area contributed by atoms with Crippen molar-refractivity contribution in [3.63, 3.8) is 0 Å².